The number of thiophene rings is 1. The summed E-state index contributed by atoms with van der Waals surface area (Å²) < 4.78 is 44.9. The second-order valence-electron chi connectivity index (χ2n) is 6.58. The number of aromatic nitrogens is 2. The fourth-order valence-corrected chi connectivity index (χ4v) is 4.43. The van der Waals surface area contributed by atoms with Crippen LogP contribution < -0.4 is 9.64 Å². The van der Waals surface area contributed by atoms with Crippen molar-refractivity contribution in [3.8, 4) is 16.9 Å². The molecule has 8 heteroatoms. The van der Waals surface area contributed by atoms with E-state index in [-0.39, 0.29) is 13.0 Å². The zero-order valence-electron chi connectivity index (χ0n) is 14.7. The van der Waals surface area contributed by atoms with Gasteiger partial charge in [-0.25, -0.2) is 9.97 Å². The third-order valence-electron chi connectivity index (χ3n) is 4.94. The van der Waals surface area contributed by atoms with Crippen LogP contribution in [0.5, 0.6) is 5.75 Å². The molecule has 4 rings (SSSR count). The first kappa shape index (κ1) is 18.0. The Hall–Kier alpha value is -2.35. The van der Waals surface area contributed by atoms with E-state index in [0.29, 0.717) is 18.8 Å². The highest BCUT2D eigenvalue weighted by atomic mass is 32.1. The molecule has 0 aliphatic carbocycles. The van der Waals surface area contributed by atoms with Crippen molar-refractivity contribution in [2.75, 3.05) is 25.1 Å². The number of alkyl halides is 3. The highest BCUT2D eigenvalue weighted by Crippen LogP contribution is 2.41. The molecule has 1 aromatic carbocycles. The van der Waals surface area contributed by atoms with E-state index in [9.17, 15) is 13.2 Å². The van der Waals surface area contributed by atoms with Crippen LogP contribution in [0.4, 0.5) is 19.0 Å². The summed E-state index contributed by atoms with van der Waals surface area (Å²) in [7, 11) is 1.61. The van der Waals surface area contributed by atoms with Crippen LogP contribution in [0, 0.1) is 5.92 Å². The lowest BCUT2D eigenvalue weighted by atomic mass is 9.97. The predicted octanol–water partition coefficient (Wildman–Crippen LogP) is 5.15. The Balaban J connectivity index is 1.76. The summed E-state index contributed by atoms with van der Waals surface area (Å²) in [4.78, 5) is 11.2. The van der Waals surface area contributed by atoms with Crippen LogP contribution in [0.2, 0.25) is 0 Å². The zero-order chi connectivity index (χ0) is 19.0. The van der Waals surface area contributed by atoms with E-state index in [2.05, 4.69) is 9.97 Å². The average Bonchev–Trinajstić information content (AvgIpc) is 3.12. The van der Waals surface area contributed by atoms with Gasteiger partial charge in [-0.15, -0.1) is 11.3 Å². The lowest BCUT2D eigenvalue weighted by molar-refractivity contribution is -0.176. The molecule has 0 bridgehead atoms. The number of nitrogens with zero attached hydrogens (tertiary/aromatic N) is 3. The molecule has 1 fully saturated rings. The van der Waals surface area contributed by atoms with Gasteiger partial charge in [-0.05, 0) is 30.5 Å². The number of methoxy groups -OCH3 is 1. The molecular formula is C19H18F3N3OS. The Morgan fingerprint density at radius 1 is 1.19 bits per heavy atom. The Morgan fingerprint density at radius 2 is 1.96 bits per heavy atom. The van der Waals surface area contributed by atoms with Gasteiger partial charge < -0.3 is 9.64 Å². The number of hydrogen-bond donors (Lipinski definition) is 0. The minimum absolute atomic E-state index is 0.0620. The molecule has 1 aliphatic rings. The van der Waals surface area contributed by atoms with Gasteiger partial charge >= 0.3 is 6.18 Å². The highest BCUT2D eigenvalue weighted by molar-refractivity contribution is 7.17. The molecule has 1 atom stereocenters. The normalized spacial score (nSPS) is 18.1. The molecule has 1 saturated heterocycles. The van der Waals surface area contributed by atoms with E-state index in [0.717, 1.165) is 27.1 Å². The van der Waals surface area contributed by atoms with E-state index in [4.69, 9.17) is 4.74 Å². The number of ether oxygens (including phenoxy) is 1. The molecule has 3 heterocycles. The summed E-state index contributed by atoms with van der Waals surface area (Å²) in [6.45, 7) is 0.504. The average molecular weight is 393 g/mol. The summed E-state index contributed by atoms with van der Waals surface area (Å²) in [6.07, 6.45) is -2.08. The van der Waals surface area contributed by atoms with Crippen molar-refractivity contribution < 1.29 is 17.9 Å². The predicted molar refractivity (Wildman–Crippen MR) is 100 cm³/mol. The van der Waals surface area contributed by atoms with E-state index >= 15 is 0 Å². The first-order chi connectivity index (χ1) is 13.0. The number of anilines is 1. The number of halogens is 3. The first-order valence-electron chi connectivity index (χ1n) is 8.65. The molecule has 0 saturated carbocycles. The summed E-state index contributed by atoms with van der Waals surface area (Å²) in [5, 5.41) is 2.80. The molecule has 142 valence electrons. The minimum atomic E-state index is -4.18. The minimum Gasteiger partial charge on any atom is -0.497 e. The Bertz CT molecular complexity index is 940. The summed E-state index contributed by atoms with van der Waals surface area (Å²) >= 11 is 1.47. The number of rotatable bonds is 3. The Morgan fingerprint density at radius 3 is 2.67 bits per heavy atom. The fraction of sp³-hybridized carbons (Fsp3) is 0.368. The van der Waals surface area contributed by atoms with Gasteiger partial charge in [-0.3, -0.25) is 0 Å². The molecule has 3 aromatic rings. The van der Waals surface area contributed by atoms with E-state index in [1.165, 1.54) is 17.7 Å². The van der Waals surface area contributed by atoms with Gasteiger partial charge in [0, 0.05) is 24.0 Å². The molecule has 4 nitrogen and oxygen atoms in total. The van der Waals surface area contributed by atoms with E-state index in [1.54, 1.807) is 12.0 Å². The molecule has 1 unspecified atom stereocenters. The van der Waals surface area contributed by atoms with Gasteiger partial charge in [0.15, 0.2) is 0 Å². The highest BCUT2D eigenvalue weighted by Gasteiger charge is 2.42. The molecule has 1 aliphatic heterocycles. The number of fused-ring (bicyclic) bond motifs is 1. The quantitative estimate of drug-likeness (QED) is 0.617. The van der Waals surface area contributed by atoms with Crippen LogP contribution in [-0.2, 0) is 0 Å². The topological polar surface area (TPSA) is 38.3 Å². The Kier molecular flexibility index (Phi) is 4.67. The van der Waals surface area contributed by atoms with Crippen molar-refractivity contribution in [2.24, 2.45) is 5.92 Å². The van der Waals surface area contributed by atoms with Gasteiger partial charge in [0.1, 0.15) is 22.7 Å². The van der Waals surface area contributed by atoms with Crippen molar-refractivity contribution in [3.05, 3.63) is 36.0 Å². The summed E-state index contributed by atoms with van der Waals surface area (Å²) in [5.74, 6) is 0.0131. The SMILES string of the molecule is COc1ccc(-c2csc3ncnc(N4CCCC(C(F)(F)F)C4)c23)cc1. The first-order valence-corrected chi connectivity index (χ1v) is 9.53. The standard InChI is InChI=1S/C19H18F3N3OS/c1-26-14-6-4-12(5-7-14)15-10-27-18-16(15)17(23-11-24-18)25-8-2-3-13(9-25)19(20,21)22/h4-7,10-11,13H,2-3,8-9H2,1H3. The molecule has 27 heavy (non-hydrogen) atoms. The number of hydrogen-bond acceptors (Lipinski definition) is 5. The van der Waals surface area contributed by atoms with Crippen LogP contribution in [0.3, 0.4) is 0 Å². The third kappa shape index (κ3) is 3.45. The van der Waals surface area contributed by atoms with Crippen LogP contribution in [-0.4, -0.2) is 36.3 Å². The maximum atomic E-state index is 13.2. The van der Waals surface area contributed by atoms with Gasteiger partial charge in [0.25, 0.3) is 0 Å². The fourth-order valence-electron chi connectivity index (χ4n) is 3.52. The molecule has 0 radical (unpaired) electrons. The monoisotopic (exact) mass is 393 g/mol. The molecule has 0 spiro atoms. The molecular weight excluding hydrogens is 375 g/mol. The lowest BCUT2D eigenvalue weighted by Gasteiger charge is -2.34. The van der Waals surface area contributed by atoms with Crippen molar-refractivity contribution >= 4 is 27.4 Å². The number of benzene rings is 1. The van der Waals surface area contributed by atoms with E-state index < -0.39 is 12.1 Å². The number of piperidine rings is 1. The smallest absolute Gasteiger partial charge is 0.393 e. The third-order valence-corrected chi connectivity index (χ3v) is 5.82. The summed E-state index contributed by atoms with van der Waals surface area (Å²) in [5.41, 5.74) is 1.89. The van der Waals surface area contributed by atoms with Crippen LogP contribution in [0.15, 0.2) is 36.0 Å². The van der Waals surface area contributed by atoms with Crippen LogP contribution in [0.25, 0.3) is 21.3 Å². The van der Waals surface area contributed by atoms with Gasteiger partial charge in [-0.1, -0.05) is 12.1 Å². The maximum Gasteiger partial charge on any atom is 0.393 e. The van der Waals surface area contributed by atoms with Gasteiger partial charge in [-0.2, -0.15) is 13.2 Å². The Labute approximate surface area is 158 Å². The molecule has 0 amide bonds. The van der Waals surface area contributed by atoms with Crippen molar-refractivity contribution in [1.82, 2.24) is 9.97 Å². The molecule has 2 aromatic heterocycles. The zero-order valence-corrected chi connectivity index (χ0v) is 15.5. The second kappa shape index (κ2) is 6.99. The van der Waals surface area contributed by atoms with Crippen LogP contribution in [0.1, 0.15) is 12.8 Å². The second-order valence-corrected chi connectivity index (χ2v) is 7.44. The molecule has 0 N–H and O–H groups in total. The van der Waals surface area contributed by atoms with Crippen molar-refractivity contribution in [1.29, 1.82) is 0 Å². The van der Waals surface area contributed by atoms with Crippen molar-refractivity contribution in [3.63, 3.8) is 0 Å². The summed E-state index contributed by atoms with van der Waals surface area (Å²) in [6, 6.07) is 7.60. The van der Waals surface area contributed by atoms with Gasteiger partial charge in [0.05, 0.1) is 18.4 Å². The maximum absolute atomic E-state index is 13.2. The van der Waals surface area contributed by atoms with Gasteiger partial charge in [0.2, 0.25) is 0 Å². The van der Waals surface area contributed by atoms with E-state index in [1.807, 2.05) is 29.6 Å². The lowest BCUT2D eigenvalue weighted by Crippen LogP contribution is -2.42. The van der Waals surface area contributed by atoms with Crippen molar-refractivity contribution in [2.45, 2.75) is 19.0 Å². The largest absolute Gasteiger partial charge is 0.497 e. The van der Waals surface area contributed by atoms with Crippen LogP contribution >= 0.6 is 11.3 Å².